The average molecular weight is 1110 g/mol. The molecule has 0 saturated carbocycles. The maximum Gasteiger partial charge on any atom is 0.407 e. The van der Waals surface area contributed by atoms with Gasteiger partial charge in [-0.2, -0.15) is 0 Å². The smallest absolute Gasteiger partial charge is 0.407 e. The van der Waals surface area contributed by atoms with Gasteiger partial charge < -0.3 is 44.4 Å². The van der Waals surface area contributed by atoms with Crippen LogP contribution in [0, 0.1) is 0 Å². The minimum absolute atomic E-state index is 0.107. The Bertz CT molecular complexity index is 1840. The van der Waals surface area contributed by atoms with Crippen molar-refractivity contribution in [2.24, 2.45) is 0 Å². The van der Waals surface area contributed by atoms with Crippen molar-refractivity contribution in [3.63, 3.8) is 0 Å². The van der Waals surface area contributed by atoms with Gasteiger partial charge in [0.2, 0.25) is 0 Å². The number of hydrogen-bond acceptors (Lipinski definition) is 15. The van der Waals surface area contributed by atoms with Crippen molar-refractivity contribution in [2.45, 2.75) is 232 Å². The quantitative estimate of drug-likeness (QED) is 0.0345. The third-order valence-electron chi connectivity index (χ3n) is 15.0. The van der Waals surface area contributed by atoms with Crippen molar-refractivity contribution < 1.29 is 42.8 Å². The molecule has 0 spiro atoms. The first-order chi connectivity index (χ1) is 37.3. The predicted octanol–water partition coefficient (Wildman–Crippen LogP) is 6.87. The second kappa shape index (κ2) is 35.0. The first-order valence-electron chi connectivity index (χ1n) is 30.1. The lowest BCUT2D eigenvalue weighted by Gasteiger charge is -2.20. The molecule has 0 bridgehead atoms. The number of nitrogens with zero attached hydrogens (tertiary/aromatic N) is 6. The molecule has 1 aromatic heterocycles. The second-order valence-electron chi connectivity index (χ2n) is 23.8. The molecular formula is C57H105N9O12. The summed E-state index contributed by atoms with van der Waals surface area (Å²) >= 11 is 0. The van der Waals surface area contributed by atoms with E-state index in [2.05, 4.69) is 93.0 Å². The summed E-state index contributed by atoms with van der Waals surface area (Å²) in [6, 6.07) is 0. The third kappa shape index (κ3) is 25.6. The van der Waals surface area contributed by atoms with Gasteiger partial charge in [0.15, 0.2) is 0 Å². The lowest BCUT2D eigenvalue weighted by atomic mass is 10.2. The molecule has 1 aromatic rings. The topological polar surface area (TPSA) is 218 Å². The van der Waals surface area contributed by atoms with E-state index < -0.39 is 35.3 Å². The van der Waals surface area contributed by atoms with Crippen LogP contribution in [0.5, 0.6) is 0 Å². The summed E-state index contributed by atoms with van der Waals surface area (Å²) in [7, 11) is 0. The summed E-state index contributed by atoms with van der Waals surface area (Å²) in [5, 5.41) is 8.60. The lowest BCUT2D eigenvalue weighted by Crippen LogP contribution is -2.54. The summed E-state index contributed by atoms with van der Waals surface area (Å²) in [6.07, 6.45) is 11.5. The zero-order valence-electron chi connectivity index (χ0n) is 49.8. The SMILES string of the molecule is CCCCOCC(CN1CC1(C)C)OC(=O)NCCCCCCn1c(=O)n(CCCCCCNC(=O)OC(COCCCC)CN2CC2(C)C)c(=O)n(CCCCCCNC(=O)OC(COCCCC)CN2CC2(C)C)c1=O. The Morgan fingerprint density at radius 2 is 0.654 bits per heavy atom. The Balaban J connectivity index is 1.25. The van der Waals surface area contributed by atoms with Crippen LogP contribution < -0.4 is 33.0 Å². The fourth-order valence-electron chi connectivity index (χ4n) is 9.38. The number of carbonyl (C=O) groups is 3. The summed E-state index contributed by atoms with van der Waals surface area (Å²) in [4.78, 5) is 86.7. The van der Waals surface area contributed by atoms with Crippen LogP contribution in [0.4, 0.5) is 14.4 Å². The van der Waals surface area contributed by atoms with Gasteiger partial charge in [-0.25, -0.2) is 42.5 Å². The maximum atomic E-state index is 13.9. The lowest BCUT2D eigenvalue weighted by molar-refractivity contribution is 0.0111. The van der Waals surface area contributed by atoms with Gasteiger partial charge in [0.25, 0.3) is 0 Å². The molecule has 78 heavy (non-hydrogen) atoms. The highest BCUT2D eigenvalue weighted by Crippen LogP contribution is 2.32. The molecule has 6 atom stereocenters. The number of carbonyl (C=O) groups excluding carboxylic acids is 3. The van der Waals surface area contributed by atoms with Gasteiger partial charge in [0.05, 0.1) is 19.8 Å². The van der Waals surface area contributed by atoms with Gasteiger partial charge in [-0.3, -0.25) is 14.7 Å². The number of nitrogens with one attached hydrogen (secondary N) is 3. The second-order valence-corrected chi connectivity index (χ2v) is 23.8. The Morgan fingerprint density at radius 1 is 0.410 bits per heavy atom. The van der Waals surface area contributed by atoms with Gasteiger partial charge in [-0.1, -0.05) is 78.6 Å². The van der Waals surface area contributed by atoms with Crippen molar-refractivity contribution in [3.8, 4) is 0 Å². The van der Waals surface area contributed by atoms with Crippen molar-refractivity contribution in [1.29, 1.82) is 0 Å². The van der Waals surface area contributed by atoms with Crippen LogP contribution in [-0.2, 0) is 48.1 Å². The molecule has 0 radical (unpaired) electrons. The molecule has 6 unspecified atom stereocenters. The molecule has 3 saturated heterocycles. The van der Waals surface area contributed by atoms with Crippen LogP contribution in [-0.4, -0.2) is 180 Å². The van der Waals surface area contributed by atoms with E-state index in [0.29, 0.717) is 137 Å². The molecule has 3 amide bonds. The van der Waals surface area contributed by atoms with Crippen molar-refractivity contribution in [3.05, 3.63) is 31.5 Å². The standard InChI is InChI=1S/C57H105N9O12/c1-10-13-34-73-40-46(37-61-43-55(61,4)5)76-49(67)58-28-22-16-19-25-31-64-52(70)65(32-26-20-17-23-29-59-50(68)77-47(41-74-35-14-11-2)38-62-44-56(62,6)7)54(72)66(53(64)71)33-27-21-18-24-30-60-51(69)78-48(42-75-36-15-12-3)39-63-45-57(63,8)9/h46-48H,10-45H2,1-9H3,(H,58,67)(H,59,68)(H,60,69). The largest absolute Gasteiger partial charge is 0.442 e. The molecule has 21 heteroatoms. The van der Waals surface area contributed by atoms with E-state index in [1.165, 1.54) is 13.7 Å². The number of aromatic nitrogens is 3. The Labute approximate surface area is 466 Å². The molecule has 4 heterocycles. The van der Waals surface area contributed by atoms with Gasteiger partial charge in [0.1, 0.15) is 18.3 Å². The molecule has 3 fully saturated rings. The minimum Gasteiger partial charge on any atom is -0.442 e. The fraction of sp³-hybridized carbons (Fsp3) is 0.895. The molecule has 21 nitrogen and oxygen atoms in total. The monoisotopic (exact) mass is 1110 g/mol. The first kappa shape index (κ1) is 66.5. The van der Waals surface area contributed by atoms with Crippen LogP contribution in [0.3, 0.4) is 0 Å². The minimum atomic E-state index is -0.612. The predicted molar refractivity (Wildman–Crippen MR) is 304 cm³/mol. The zero-order chi connectivity index (χ0) is 57.0. The van der Waals surface area contributed by atoms with Crippen molar-refractivity contribution in [2.75, 3.05) is 98.5 Å². The number of hydrogen-bond donors (Lipinski definition) is 3. The number of rotatable bonds is 45. The summed E-state index contributed by atoms with van der Waals surface area (Å²) in [5.41, 5.74) is -1.51. The molecule has 0 aromatic carbocycles. The van der Waals surface area contributed by atoms with Gasteiger partial charge >= 0.3 is 35.3 Å². The van der Waals surface area contributed by atoms with Crippen molar-refractivity contribution in [1.82, 2.24) is 44.4 Å². The van der Waals surface area contributed by atoms with Crippen LogP contribution in [0.15, 0.2) is 14.4 Å². The van der Waals surface area contributed by atoms with Gasteiger partial charge in [-0.05, 0) is 99.3 Å². The van der Waals surface area contributed by atoms with Crippen LogP contribution >= 0.6 is 0 Å². The molecule has 0 aliphatic carbocycles. The maximum absolute atomic E-state index is 13.9. The molecular weight excluding hydrogens is 1000 g/mol. The van der Waals surface area contributed by atoms with E-state index in [1.54, 1.807) is 0 Å². The van der Waals surface area contributed by atoms with Crippen LogP contribution in [0.2, 0.25) is 0 Å². The molecule has 3 aliphatic rings. The highest BCUT2D eigenvalue weighted by Gasteiger charge is 2.46. The zero-order valence-corrected chi connectivity index (χ0v) is 49.8. The highest BCUT2D eigenvalue weighted by atomic mass is 16.6. The summed E-state index contributed by atoms with van der Waals surface area (Å²) < 4.78 is 38.2. The number of ether oxygens (including phenoxy) is 6. The van der Waals surface area contributed by atoms with E-state index in [0.717, 1.165) is 77.4 Å². The summed E-state index contributed by atoms with van der Waals surface area (Å²) in [5.74, 6) is 0. The third-order valence-corrected chi connectivity index (χ3v) is 15.0. The van der Waals surface area contributed by atoms with Crippen LogP contribution in [0.25, 0.3) is 0 Å². The molecule has 4 rings (SSSR count). The van der Waals surface area contributed by atoms with Gasteiger partial charge in [-0.15, -0.1) is 0 Å². The van der Waals surface area contributed by atoms with E-state index in [4.69, 9.17) is 28.4 Å². The molecule has 450 valence electrons. The Kier molecular flexibility index (Phi) is 29.8. The average Bonchev–Trinajstić information content (AvgIpc) is 4.38. The summed E-state index contributed by atoms with van der Waals surface area (Å²) in [6.45, 7) is 28.7. The van der Waals surface area contributed by atoms with Crippen molar-refractivity contribution >= 4 is 18.3 Å². The van der Waals surface area contributed by atoms with E-state index in [1.807, 2.05) is 0 Å². The Hall–Kier alpha value is -4.02. The van der Waals surface area contributed by atoms with E-state index >= 15 is 0 Å². The number of unbranched alkanes of at least 4 members (excludes halogenated alkanes) is 12. The normalized spacial score (nSPS) is 19.6. The number of amides is 3. The number of alkyl carbamates (subject to hydrolysis) is 3. The first-order valence-corrected chi connectivity index (χ1v) is 30.1. The van der Waals surface area contributed by atoms with E-state index in [-0.39, 0.29) is 54.6 Å². The van der Waals surface area contributed by atoms with Crippen LogP contribution in [0.1, 0.15) is 178 Å². The Morgan fingerprint density at radius 3 is 0.885 bits per heavy atom. The highest BCUT2D eigenvalue weighted by molar-refractivity contribution is 5.68. The molecule has 3 N–H and O–H groups in total. The fourth-order valence-corrected chi connectivity index (χ4v) is 9.38. The van der Waals surface area contributed by atoms with E-state index in [9.17, 15) is 28.8 Å². The molecule has 3 aliphatic heterocycles. The van der Waals surface area contributed by atoms with Gasteiger partial charge in [0, 0.05) is 115 Å².